The average molecular weight is 262 g/mol. The van der Waals surface area contributed by atoms with E-state index in [0.717, 1.165) is 11.1 Å². The van der Waals surface area contributed by atoms with Crippen molar-refractivity contribution < 1.29 is 14.3 Å². The van der Waals surface area contributed by atoms with Gasteiger partial charge in [-0.2, -0.15) is 0 Å². The van der Waals surface area contributed by atoms with Crippen molar-refractivity contribution in [1.29, 1.82) is 0 Å². The number of methoxy groups -OCH3 is 1. The van der Waals surface area contributed by atoms with Crippen LogP contribution in [0.25, 0.3) is 0 Å². The van der Waals surface area contributed by atoms with Crippen LogP contribution in [0.4, 0.5) is 0 Å². The average Bonchev–Trinajstić information content (AvgIpc) is 2.44. The molecule has 5 heteroatoms. The Morgan fingerprint density at radius 1 is 1.37 bits per heavy atom. The highest BCUT2D eigenvalue weighted by Gasteiger charge is 2.26. The summed E-state index contributed by atoms with van der Waals surface area (Å²) in [6.07, 6.45) is 3.92. The van der Waals surface area contributed by atoms with Crippen LogP contribution in [0, 0.1) is 5.92 Å². The number of amides is 1. The molecular formula is C14H18N2O3. The van der Waals surface area contributed by atoms with Crippen LogP contribution >= 0.6 is 0 Å². The second-order valence-electron chi connectivity index (χ2n) is 4.98. The van der Waals surface area contributed by atoms with Crippen LogP contribution in [0.15, 0.2) is 12.4 Å². The quantitative estimate of drug-likeness (QED) is 0.756. The lowest BCUT2D eigenvalue weighted by Gasteiger charge is -2.30. The molecule has 5 nitrogen and oxygen atoms in total. The molecular weight excluding hydrogens is 244 g/mol. The smallest absolute Gasteiger partial charge is 0.339 e. The molecule has 0 atom stereocenters. The maximum atomic E-state index is 12.0. The van der Waals surface area contributed by atoms with Gasteiger partial charge in [-0.1, -0.05) is 13.8 Å². The van der Waals surface area contributed by atoms with Gasteiger partial charge in [0.1, 0.15) is 0 Å². The summed E-state index contributed by atoms with van der Waals surface area (Å²) in [5.41, 5.74) is 2.40. The molecule has 0 fully saturated rings. The highest BCUT2D eigenvalue weighted by Crippen LogP contribution is 2.23. The fraction of sp³-hybridized carbons (Fsp3) is 0.500. The van der Waals surface area contributed by atoms with Crippen LogP contribution in [-0.4, -0.2) is 35.4 Å². The molecule has 0 N–H and O–H groups in total. The summed E-state index contributed by atoms with van der Waals surface area (Å²) in [4.78, 5) is 29.5. The Morgan fingerprint density at radius 2 is 2.11 bits per heavy atom. The summed E-state index contributed by atoms with van der Waals surface area (Å²) in [6.45, 7) is 4.93. The van der Waals surface area contributed by atoms with E-state index in [2.05, 4.69) is 4.98 Å². The lowest BCUT2D eigenvalue weighted by atomic mass is 9.96. The number of esters is 1. The molecule has 0 aromatic carbocycles. The Labute approximate surface area is 112 Å². The summed E-state index contributed by atoms with van der Waals surface area (Å²) in [5.74, 6) is -0.250. The number of aromatic nitrogens is 1. The van der Waals surface area contributed by atoms with Crippen molar-refractivity contribution in [2.75, 3.05) is 13.7 Å². The van der Waals surface area contributed by atoms with Gasteiger partial charge in [-0.25, -0.2) is 4.79 Å². The molecule has 0 unspecified atom stereocenters. The lowest BCUT2D eigenvalue weighted by molar-refractivity contribution is -0.135. The Balaban J connectivity index is 2.28. The molecule has 0 bridgehead atoms. The minimum Gasteiger partial charge on any atom is -0.465 e. The van der Waals surface area contributed by atoms with Crippen molar-refractivity contribution in [1.82, 2.24) is 9.88 Å². The summed E-state index contributed by atoms with van der Waals surface area (Å²) in [5, 5.41) is 0. The second kappa shape index (κ2) is 5.38. The first-order valence-corrected chi connectivity index (χ1v) is 6.37. The highest BCUT2D eigenvalue weighted by atomic mass is 16.5. The normalized spacial score (nSPS) is 14.2. The Morgan fingerprint density at radius 3 is 2.74 bits per heavy atom. The van der Waals surface area contributed by atoms with E-state index in [0.29, 0.717) is 25.1 Å². The van der Waals surface area contributed by atoms with Crippen molar-refractivity contribution in [2.45, 2.75) is 26.8 Å². The fourth-order valence-electron chi connectivity index (χ4n) is 2.33. The third kappa shape index (κ3) is 2.59. The summed E-state index contributed by atoms with van der Waals surface area (Å²) < 4.78 is 4.76. The van der Waals surface area contributed by atoms with Crippen LogP contribution in [0.1, 0.15) is 35.3 Å². The van der Waals surface area contributed by atoms with Gasteiger partial charge in [0.25, 0.3) is 0 Å². The molecule has 2 rings (SSSR count). The van der Waals surface area contributed by atoms with Gasteiger partial charge in [-0.15, -0.1) is 0 Å². The lowest BCUT2D eigenvalue weighted by Crippen LogP contribution is -2.39. The second-order valence-corrected chi connectivity index (χ2v) is 4.98. The van der Waals surface area contributed by atoms with Crippen LogP contribution in [-0.2, 0) is 22.5 Å². The van der Waals surface area contributed by atoms with Crippen molar-refractivity contribution in [3.05, 3.63) is 29.1 Å². The van der Waals surface area contributed by atoms with E-state index in [-0.39, 0.29) is 17.8 Å². The monoisotopic (exact) mass is 262 g/mol. The number of pyridine rings is 1. The molecule has 0 aliphatic carbocycles. The Bertz CT molecular complexity index is 511. The standard InChI is InChI=1S/C14H18N2O3/c1-9(2)13(17)16-5-4-11-10(8-16)6-15-7-12(11)14(18)19-3/h6-7,9H,4-5,8H2,1-3H3. The number of fused-ring (bicyclic) bond motifs is 1. The number of carbonyl (C=O) groups is 2. The van der Waals surface area contributed by atoms with E-state index >= 15 is 0 Å². The molecule has 0 spiro atoms. The van der Waals surface area contributed by atoms with Crippen molar-refractivity contribution in [3.63, 3.8) is 0 Å². The van der Waals surface area contributed by atoms with E-state index < -0.39 is 0 Å². The number of ether oxygens (including phenoxy) is 1. The molecule has 1 aliphatic rings. The number of hydrogen-bond donors (Lipinski definition) is 0. The van der Waals surface area contributed by atoms with Crippen molar-refractivity contribution in [3.8, 4) is 0 Å². The maximum Gasteiger partial charge on any atom is 0.339 e. The zero-order valence-corrected chi connectivity index (χ0v) is 11.5. The number of hydrogen-bond acceptors (Lipinski definition) is 4. The first-order valence-electron chi connectivity index (χ1n) is 6.37. The predicted molar refractivity (Wildman–Crippen MR) is 69.5 cm³/mol. The molecule has 0 radical (unpaired) electrons. The fourth-order valence-corrected chi connectivity index (χ4v) is 2.33. The zero-order valence-electron chi connectivity index (χ0n) is 11.5. The first kappa shape index (κ1) is 13.5. The minimum absolute atomic E-state index is 0.0155. The maximum absolute atomic E-state index is 12.0. The Kier molecular flexibility index (Phi) is 3.83. The van der Waals surface area contributed by atoms with Gasteiger partial charge in [-0.3, -0.25) is 9.78 Å². The van der Waals surface area contributed by atoms with Crippen LogP contribution in [0.2, 0.25) is 0 Å². The third-order valence-corrected chi connectivity index (χ3v) is 3.35. The molecule has 1 aliphatic heterocycles. The Hall–Kier alpha value is -1.91. The van der Waals surface area contributed by atoms with Crippen molar-refractivity contribution >= 4 is 11.9 Å². The number of nitrogens with zero attached hydrogens (tertiary/aromatic N) is 2. The summed E-state index contributed by atoms with van der Waals surface area (Å²) in [7, 11) is 1.36. The topological polar surface area (TPSA) is 59.5 Å². The van der Waals surface area contributed by atoms with Crippen LogP contribution in [0.3, 0.4) is 0 Å². The molecule has 1 aromatic heterocycles. The van der Waals surface area contributed by atoms with Crippen LogP contribution < -0.4 is 0 Å². The predicted octanol–water partition coefficient (Wildman–Crippen LogP) is 1.41. The van der Waals surface area contributed by atoms with Gasteiger partial charge < -0.3 is 9.64 Å². The molecule has 102 valence electrons. The zero-order chi connectivity index (χ0) is 14.0. The third-order valence-electron chi connectivity index (χ3n) is 3.35. The van der Waals surface area contributed by atoms with E-state index in [1.165, 1.54) is 13.3 Å². The van der Waals surface area contributed by atoms with Gasteiger partial charge in [0, 0.05) is 31.4 Å². The van der Waals surface area contributed by atoms with Crippen LogP contribution in [0.5, 0.6) is 0 Å². The van der Waals surface area contributed by atoms with Crippen molar-refractivity contribution in [2.24, 2.45) is 5.92 Å². The van der Waals surface area contributed by atoms with Gasteiger partial charge in [0.05, 0.1) is 12.7 Å². The molecule has 19 heavy (non-hydrogen) atoms. The van der Waals surface area contributed by atoms with E-state index in [4.69, 9.17) is 4.74 Å². The summed E-state index contributed by atoms with van der Waals surface area (Å²) in [6, 6.07) is 0. The number of rotatable bonds is 2. The molecule has 0 saturated carbocycles. The van der Waals surface area contributed by atoms with Gasteiger partial charge in [-0.05, 0) is 17.5 Å². The van der Waals surface area contributed by atoms with Gasteiger partial charge in [0.2, 0.25) is 5.91 Å². The first-order chi connectivity index (χ1) is 9.04. The largest absolute Gasteiger partial charge is 0.465 e. The SMILES string of the molecule is COC(=O)c1cncc2c1CCN(C(=O)C(C)C)C2. The highest BCUT2D eigenvalue weighted by molar-refractivity contribution is 5.91. The van der Waals surface area contributed by atoms with E-state index in [9.17, 15) is 9.59 Å². The van der Waals surface area contributed by atoms with E-state index in [1.54, 1.807) is 6.20 Å². The van der Waals surface area contributed by atoms with Gasteiger partial charge >= 0.3 is 5.97 Å². The molecule has 0 saturated heterocycles. The van der Waals surface area contributed by atoms with E-state index in [1.807, 2.05) is 18.7 Å². The molecule has 1 amide bonds. The molecule has 2 heterocycles. The molecule has 1 aromatic rings. The number of carbonyl (C=O) groups excluding carboxylic acids is 2. The minimum atomic E-state index is -0.368. The van der Waals surface area contributed by atoms with Gasteiger partial charge in [0.15, 0.2) is 0 Å². The summed E-state index contributed by atoms with van der Waals surface area (Å²) >= 11 is 0.